The zero-order valence-corrected chi connectivity index (χ0v) is 19.0. The van der Waals surface area contributed by atoms with Gasteiger partial charge in [0.25, 0.3) is 5.91 Å². The molecule has 3 heterocycles. The molecule has 0 spiro atoms. The number of carbonyl (C=O) groups is 1. The molecule has 35 heavy (non-hydrogen) atoms. The molecule has 0 aliphatic heterocycles. The van der Waals surface area contributed by atoms with Gasteiger partial charge in [0.2, 0.25) is 0 Å². The molecule has 0 saturated carbocycles. The van der Waals surface area contributed by atoms with Crippen molar-refractivity contribution < 1.29 is 18.0 Å². The third-order valence-electron chi connectivity index (χ3n) is 5.51. The van der Waals surface area contributed by atoms with Gasteiger partial charge in [-0.3, -0.25) is 9.89 Å². The van der Waals surface area contributed by atoms with E-state index in [1.807, 2.05) is 30.3 Å². The van der Waals surface area contributed by atoms with Gasteiger partial charge in [-0.1, -0.05) is 42.0 Å². The number of benzene rings is 1. The molecule has 0 aliphatic carbocycles. The molecule has 4 rings (SSSR count). The van der Waals surface area contributed by atoms with Gasteiger partial charge in [0, 0.05) is 31.0 Å². The average molecular weight is 483 g/mol. The Morgan fingerprint density at radius 3 is 2.60 bits per heavy atom. The number of nitrogens with one attached hydrogen (secondary N) is 1. The lowest BCUT2D eigenvalue weighted by Crippen LogP contribution is -2.28. The van der Waals surface area contributed by atoms with Crippen LogP contribution in [0.1, 0.15) is 41.0 Å². The monoisotopic (exact) mass is 483 g/mol. The summed E-state index contributed by atoms with van der Waals surface area (Å²) in [6.07, 6.45) is 1.17. The summed E-state index contributed by atoms with van der Waals surface area (Å²) < 4.78 is 39.3. The van der Waals surface area contributed by atoms with Crippen LogP contribution in [0.3, 0.4) is 0 Å². The number of H-pyrrole nitrogens is 1. The van der Waals surface area contributed by atoms with Crippen LogP contribution in [0.2, 0.25) is 0 Å². The van der Waals surface area contributed by atoms with Crippen molar-refractivity contribution in [2.45, 2.75) is 31.9 Å². The van der Waals surface area contributed by atoms with Gasteiger partial charge in [-0.25, -0.2) is 9.67 Å². The minimum Gasteiger partial charge on any atom is -0.340 e. The average Bonchev–Trinajstić information content (AvgIpc) is 3.54. The van der Waals surface area contributed by atoms with Crippen LogP contribution >= 0.6 is 0 Å². The number of carbonyl (C=O) groups excluding carboxylic acids is 1. The molecular formula is C24H24F3N7O. The lowest BCUT2D eigenvalue weighted by Gasteiger charge is -2.15. The largest absolute Gasteiger partial charge is 0.417 e. The van der Waals surface area contributed by atoms with E-state index in [9.17, 15) is 18.0 Å². The Balaban J connectivity index is 1.22. The van der Waals surface area contributed by atoms with E-state index in [0.29, 0.717) is 6.54 Å². The zero-order chi connectivity index (χ0) is 24.8. The van der Waals surface area contributed by atoms with Crippen LogP contribution in [0.25, 0.3) is 17.1 Å². The first-order chi connectivity index (χ1) is 16.8. The maximum atomic E-state index is 12.7. The standard InChI is InChI=1S/C24H24F3N7O/c1-33(13-7-3-6-10-19-14-20(30-29-19)17-8-4-2-5-9-17)23(35)21-16-34(32-31-21)22-12-11-18(15-28-22)24(25,26)27/h2,4-5,8-9,11-12,14-16H,3,6-7,10,13H2,1H3,(H,29,30). The van der Waals surface area contributed by atoms with Gasteiger partial charge in [-0.2, -0.15) is 18.3 Å². The highest BCUT2D eigenvalue weighted by Crippen LogP contribution is 2.28. The van der Waals surface area contributed by atoms with Crippen molar-refractivity contribution in [2.24, 2.45) is 0 Å². The molecule has 0 atom stereocenters. The highest BCUT2D eigenvalue weighted by molar-refractivity contribution is 5.91. The minimum atomic E-state index is -4.47. The van der Waals surface area contributed by atoms with Crippen molar-refractivity contribution in [2.75, 3.05) is 13.6 Å². The lowest BCUT2D eigenvalue weighted by atomic mass is 10.1. The Hall–Kier alpha value is -4.02. The Kier molecular flexibility index (Phi) is 7.23. The first-order valence-corrected chi connectivity index (χ1v) is 11.1. The number of aromatic nitrogens is 6. The van der Waals surface area contributed by atoms with Crippen molar-refractivity contribution in [3.8, 4) is 17.1 Å². The maximum absolute atomic E-state index is 12.7. The molecule has 0 aliphatic rings. The highest BCUT2D eigenvalue weighted by atomic mass is 19.4. The van der Waals surface area contributed by atoms with Crippen LogP contribution in [-0.4, -0.2) is 54.6 Å². The van der Waals surface area contributed by atoms with E-state index >= 15 is 0 Å². The van der Waals surface area contributed by atoms with Crippen LogP contribution in [0.5, 0.6) is 0 Å². The fourth-order valence-corrected chi connectivity index (χ4v) is 3.55. The number of alkyl halides is 3. The minimum absolute atomic E-state index is 0.0973. The second kappa shape index (κ2) is 10.5. The summed E-state index contributed by atoms with van der Waals surface area (Å²) >= 11 is 0. The SMILES string of the molecule is CN(CCCCCc1cc(-c2ccccc2)n[nH]1)C(=O)c1cn(-c2ccc(C(F)(F)F)cn2)nn1. The predicted molar refractivity (Wildman–Crippen MR) is 123 cm³/mol. The van der Waals surface area contributed by atoms with E-state index in [2.05, 4.69) is 31.6 Å². The summed E-state index contributed by atoms with van der Waals surface area (Å²) in [5.74, 6) is -0.175. The van der Waals surface area contributed by atoms with Gasteiger partial charge in [0.05, 0.1) is 17.5 Å². The summed E-state index contributed by atoms with van der Waals surface area (Å²) in [4.78, 5) is 17.9. The second-order valence-electron chi connectivity index (χ2n) is 8.13. The Morgan fingerprint density at radius 1 is 1.09 bits per heavy atom. The molecule has 8 nitrogen and oxygen atoms in total. The van der Waals surface area contributed by atoms with E-state index in [1.54, 1.807) is 11.9 Å². The second-order valence-corrected chi connectivity index (χ2v) is 8.13. The number of hydrogen-bond donors (Lipinski definition) is 1. The summed E-state index contributed by atoms with van der Waals surface area (Å²) in [5, 5.41) is 15.1. The molecular weight excluding hydrogens is 459 g/mol. The third-order valence-corrected chi connectivity index (χ3v) is 5.51. The van der Waals surface area contributed by atoms with Gasteiger partial charge in [0.1, 0.15) is 0 Å². The Bertz CT molecular complexity index is 1250. The van der Waals surface area contributed by atoms with Crippen LogP contribution in [0.4, 0.5) is 13.2 Å². The van der Waals surface area contributed by atoms with Gasteiger partial charge in [-0.15, -0.1) is 5.10 Å². The van der Waals surface area contributed by atoms with Crippen molar-refractivity contribution in [3.63, 3.8) is 0 Å². The summed E-state index contributed by atoms with van der Waals surface area (Å²) in [6.45, 7) is 0.544. The predicted octanol–water partition coefficient (Wildman–Crippen LogP) is 4.56. The fourth-order valence-electron chi connectivity index (χ4n) is 3.55. The van der Waals surface area contributed by atoms with E-state index in [1.165, 1.54) is 16.9 Å². The molecule has 0 fully saturated rings. The molecule has 11 heteroatoms. The molecule has 1 N–H and O–H groups in total. The van der Waals surface area contributed by atoms with Gasteiger partial charge >= 0.3 is 6.18 Å². The number of unbranched alkanes of at least 4 members (excludes halogenated alkanes) is 2. The number of aryl methyl sites for hydroxylation is 1. The zero-order valence-electron chi connectivity index (χ0n) is 19.0. The topological polar surface area (TPSA) is 92.6 Å². The molecule has 1 aromatic carbocycles. The van der Waals surface area contributed by atoms with Gasteiger partial charge in [0.15, 0.2) is 11.5 Å². The van der Waals surface area contributed by atoms with E-state index in [0.717, 1.165) is 54.9 Å². The van der Waals surface area contributed by atoms with Gasteiger partial charge < -0.3 is 4.90 Å². The Labute approximate surface area is 199 Å². The summed E-state index contributed by atoms with van der Waals surface area (Å²) in [7, 11) is 1.68. The molecule has 0 bridgehead atoms. The first kappa shape index (κ1) is 24.1. The lowest BCUT2D eigenvalue weighted by molar-refractivity contribution is -0.137. The number of pyridine rings is 1. The molecule has 0 radical (unpaired) electrons. The van der Waals surface area contributed by atoms with Crippen molar-refractivity contribution >= 4 is 5.91 Å². The molecule has 3 aromatic heterocycles. The number of hydrogen-bond acceptors (Lipinski definition) is 5. The van der Waals surface area contributed by atoms with E-state index in [4.69, 9.17) is 0 Å². The highest BCUT2D eigenvalue weighted by Gasteiger charge is 2.30. The number of aromatic amines is 1. The van der Waals surface area contributed by atoms with Crippen LogP contribution in [-0.2, 0) is 12.6 Å². The van der Waals surface area contributed by atoms with Crippen molar-refractivity contribution in [3.05, 3.63) is 77.9 Å². The Morgan fingerprint density at radius 2 is 1.89 bits per heavy atom. The van der Waals surface area contributed by atoms with Crippen LogP contribution in [0, 0.1) is 0 Å². The van der Waals surface area contributed by atoms with Crippen molar-refractivity contribution in [1.29, 1.82) is 0 Å². The summed E-state index contributed by atoms with van der Waals surface area (Å²) in [6, 6.07) is 14.1. The maximum Gasteiger partial charge on any atom is 0.417 e. The molecule has 182 valence electrons. The number of nitrogens with zero attached hydrogens (tertiary/aromatic N) is 6. The molecule has 1 amide bonds. The first-order valence-electron chi connectivity index (χ1n) is 11.1. The number of rotatable bonds is 9. The smallest absolute Gasteiger partial charge is 0.340 e. The van der Waals surface area contributed by atoms with Crippen LogP contribution < -0.4 is 0 Å². The summed E-state index contributed by atoms with van der Waals surface area (Å²) in [5.41, 5.74) is 2.30. The van der Waals surface area contributed by atoms with Crippen LogP contribution in [0.15, 0.2) is 60.9 Å². The van der Waals surface area contributed by atoms with E-state index in [-0.39, 0.29) is 17.4 Å². The van der Waals surface area contributed by atoms with E-state index < -0.39 is 11.7 Å². The molecule has 0 unspecified atom stereocenters. The normalized spacial score (nSPS) is 11.5. The fraction of sp³-hybridized carbons (Fsp3) is 0.292. The quantitative estimate of drug-likeness (QED) is 0.353. The third kappa shape index (κ3) is 6.11. The number of amides is 1. The molecule has 4 aromatic rings. The van der Waals surface area contributed by atoms with Gasteiger partial charge in [-0.05, 0) is 37.5 Å². The number of halogens is 3. The van der Waals surface area contributed by atoms with Crippen molar-refractivity contribution in [1.82, 2.24) is 35.1 Å². The molecule has 0 saturated heterocycles.